The van der Waals surface area contributed by atoms with Crippen LogP contribution in [0.25, 0.3) is 0 Å². The van der Waals surface area contributed by atoms with E-state index in [9.17, 15) is 13.2 Å². The molecule has 1 N–H and O–H groups in total. The van der Waals surface area contributed by atoms with Crippen molar-refractivity contribution in [3.8, 4) is 0 Å². The molecule has 1 fully saturated rings. The summed E-state index contributed by atoms with van der Waals surface area (Å²) in [7, 11) is -2.21. The average Bonchev–Trinajstić information content (AvgIpc) is 3.05. The van der Waals surface area contributed by atoms with Gasteiger partial charge in [0.2, 0.25) is 10.0 Å². The number of carbonyl (C=O) groups excluding carboxylic acids is 1. The van der Waals surface area contributed by atoms with Gasteiger partial charge in [-0.2, -0.15) is 0 Å². The van der Waals surface area contributed by atoms with Crippen LogP contribution in [0.3, 0.4) is 0 Å². The number of aryl methyl sites for hydroxylation is 1. The molecule has 128 valence electrons. The van der Waals surface area contributed by atoms with E-state index >= 15 is 0 Å². The highest BCUT2D eigenvalue weighted by atomic mass is 32.2. The molecule has 1 saturated heterocycles. The van der Waals surface area contributed by atoms with Crippen molar-refractivity contribution in [1.82, 2.24) is 9.62 Å². The van der Waals surface area contributed by atoms with Gasteiger partial charge in [0.05, 0.1) is 11.5 Å². The Morgan fingerprint density at radius 3 is 2.74 bits per heavy atom. The third kappa shape index (κ3) is 4.10. The molecule has 23 heavy (non-hydrogen) atoms. The largest absolute Gasteiger partial charge is 0.381 e. The second-order valence-electron chi connectivity index (χ2n) is 5.76. The first-order chi connectivity index (χ1) is 10.9. The van der Waals surface area contributed by atoms with Crippen LogP contribution in [0.15, 0.2) is 23.1 Å². The number of nitrogens with one attached hydrogen (secondary N) is 1. The minimum atomic E-state index is -3.57. The predicted molar refractivity (Wildman–Crippen MR) is 87.9 cm³/mol. The molecule has 0 saturated carbocycles. The summed E-state index contributed by atoms with van der Waals surface area (Å²) < 4.78 is 31.5. The first kappa shape index (κ1) is 17.9. The lowest BCUT2D eigenvalue weighted by molar-refractivity contribution is 0.0730. The van der Waals surface area contributed by atoms with E-state index in [-0.39, 0.29) is 10.8 Å². The number of hydrogen-bond donors (Lipinski definition) is 1. The highest BCUT2D eigenvalue weighted by Crippen LogP contribution is 2.20. The molecule has 1 atom stereocenters. The maximum absolute atomic E-state index is 12.8. The molecular weight excluding hydrogens is 316 g/mol. The molecule has 1 heterocycles. The van der Waals surface area contributed by atoms with Crippen molar-refractivity contribution >= 4 is 15.9 Å². The molecule has 7 heteroatoms. The van der Waals surface area contributed by atoms with Crippen LogP contribution in [0.2, 0.25) is 0 Å². The Kier molecular flexibility index (Phi) is 5.78. The van der Waals surface area contributed by atoms with Gasteiger partial charge in [0.25, 0.3) is 5.91 Å². The van der Waals surface area contributed by atoms with E-state index in [0.29, 0.717) is 31.2 Å². The summed E-state index contributed by atoms with van der Waals surface area (Å²) in [6.07, 6.45) is 0.955. The van der Waals surface area contributed by atoms with Crippen LogP contribution < -0.4 is 4.72 Å². The van der Waals surface area contributed by atoms with Crippen molar-refractivity contribution < 1.29 is 17.9 Å². The van der Waals surface area contributed by atoms with E-state index in [1.807, 2.05) is 13.8 Å². The fraction of sp³-hybridized carbons (Fsp3) is 0.562. The number of ether oxygens (including phenoxy) is 1. The van der Waals surface area contributed by atoms with Crippen LogP contribution in [-0.4, -0.2) is 52.6 Å². The zero-order valence-electron chi connectivity index (χ0n) is 13.8. The number of carbonyl (C=O) groups is 1. The lowest BCUT2D eigenvalue weighted by Gasteiger charge is -2.24. The highest BCUT2D eigenvalue weighted by molar-refractivity contribution is 7.89. The predicted octanol–water partition coefficient (Wildman–Crippen LogP) is 1.40. The summed E-state index contributed by atoms with van der Waals surface area (Å²) in [5, 5.41) is 0. The van der Waals surface area contributed by atoms with Crippen molar-refractivity contribution in [2.75, 3.05) is 33.4 Å². The zero-order valence-corrected chi connectivity index (χ0v) is 14.6. The third-order valence-electron chi connectivity index (χ3n) is 4.19. The van der Waals surface area contributed by atoms with Gasteiger partial charge in [-0.3, -0.25) is 4.79 Å². The second-order valence-corrected chi connectivity index (χ2v) is 7.64. The van der Waals surface area contributed by atoms with Gasteiger partial charge in [0, 0.05) is 31.2 Å². The Morgan fingerprint density at radius 1 is 1.43 bits per heavy atom. The molecule has 1 unspecified atom stereocenters. The molecule has 1 aliphatic heterocycles. The van der Waals surface area contributed by atoms with E-state index in [1.165, 1.54) is 19.2 Å². The normalized spacial score (nSPS) is 18.1. The van der Waals surface area contributed by atoms with Crippen molar-refractivity contribution in [2.24, 2.45) is 5.92 Å². The molecule has 2 rings (SSSR count). The van der Waals surface area contributed by atoms with Gasteiger partial charge in [-0.15, -0.1) is 0 Å². The van der Waals surface area contributed by atoms with Gasteiger partial charge in [-0.05, 0) is 45.0 Å². The van der Waals surface area contributed by atoms with Crippen molar-refractivity contribution in [2.45, 2.75) is 25.2 Å². The second kappa shape index (κ2) is 7.42. The molecule has 0 aliphatic carbocycles. The molecule has 1 aliphatic rings. The van der Waals surface area contributed by atoms with Crippen LogP contribution in [0.5, 0.6) is 0 Å². The minimum absolute atomic E-state index is 0.106. The third-order valence-corrected chi connectivity index (χ3v) is 5.60. The SMILES string of the molecule is CCN(CC1CCOC1)C(=O)c1cc(S(=O)(=O)NC)ccc1C. The van der Waals surface area contributed by atoms with Gasteiger partial charge in [0.1, 0.15) is 0 Å². The highest BCUT2D eigenvalue weighted by Gasteiger charge is 2.24. The summed E-state index contributed by atoms with van der Waals surface area (Å²) in [6.45, 7) is 6.38. The molecular formula is C16H24N2O4S. The fourth-order valence-electron chi connectivity index (χ4n) is 2.68. The monoisotopic (exact) mass is 340 g/mol. The first-order valence-corrected chi connectivity index (χ1v) is 9.28. The Morgan fingerprint density at radius 2 is 2.17 bits per heavy atom. The molecule has 0 aromatic heterocycles. The number of amides is 1. The lowest BCUT2D eigenvalue weighted by atomic mass is 10.1. The minimum Gasteiger partial charge on any atom is -0.381 e. The Balaban J connectivity index is 2.27. The van der Waals surface area contributed by atoms with Crippen molar-refractivity contribution in [3.05, 3.63) is 29.3 Å². The number of hydrogen-bond acceptors (Lipinski definition) is 4. The Hall–Kier alpha value is -1.44. The summed E-state index contributed by atoms with van der Waals surface area (Å²) in [4.78, 5) is 14.7. The maximum atomic E-state index is 12.8. The maximum Gasteiger partial charge on any atom is 0.254 e. The number of rotatable bonds is 6. The van der Waals surface area contributed by atoms with Gasteiger partial charge in [-0.1, -0.05) is 6.07 Å². The van der Waals surface area contributed by atoms with Crippen LogP contribution >= 0.6 is 0 Å². The van der Waals surface area contributed by atoms with Crippen molar-refractivity contribution in [3.63, 3.8) is 0 Å². The summed E-state index contributed by atoms with van der Waals surface area (Å²) in [5.74, 6) is 0.216. The summed E-state index contributed by atoms with van der Waals surface area (Å²) in [6, 6.07) is 4.64. The Labute approximate surface area is 137 Å². The van der Waals surface area contributed by atoms with E-state index < -0.39 is 10.0 Å². The van der Waals surface area contributed by atoms with E-state index in [4.69, 9.17) is 4.74 Å². The molecule has 0 radical (unpaired) electrons. The number of sulfonamides is 1. The van der Waals surface area contributed by atoms with Gasteiger partial charge < -0.3 is 9.64 Å². The van der Waals surface area contributed by atoms with E-state index in [0.717, 1.165) is 18.6 Å². The topological polar surface area (TPSA) is 75.7 Å². The number of nitrogens with zero attached hydrogens (tertiary/aromatic N) is 1. The Bertz CT molecular complexity index is 667. The molecule has 1 amide bonds. The smallest absolute Gasteiger partial charge is 0.254 e. The molecule has 0 spiro atoms. The van der Waals surface area contributed by atoms with E-state index in [2.05, 4.69) is 4.72 Å². The first-order valence-electron chi connectivity index (χ1n) is 7.80. The van der Waals surface area contributed by atoms with Gasteiger partial charge >= 0.3 is 0 Å². The van der Waals surface area contributed by atoms with Crippen LogP contribution in [0.4, 0.5) is 0 Å². The average molecular weight is 340 g/mol. The zero-order chi connectivity index (χ0) is 17.0. The molecule has 1 aromatic rings. The molecule has 6 nitrogen and oxygen atoms in total. The summed E-state index contributed by atoms with van der Waals surface area (Å²) in [5.41, 5.74) is 1.20. The van der Waals surface area contributed by atoms with Gasteiger partial charge in [-0.25, -0.2) is 13.1 Å². The van der Waals surface area contributed by atoms with Crippen LogP contribution in [-0.2, 0) is 14.8 Å². The molecule has 0 bridgehead atoms. The van der Waals surface area contributed by atoms with Crippen LogP contribution in [0.1, 0.15) is 29.3 Å². The fourth-order valence-corrected chi connectivity index (χ4v) is 3.44. The lowest BCUT2D eigenvalue weighted by Crippen LogP contribution is -2.36. The standard InChI is InChI=1S/C16H24N2O4S/c1-4-18(10-13-7-8-22-11-13)16(19)15-9-14(6-5-12(15)2)23(20,21)17-3/h5-6,9,13,17H,4,7-8,10-11H2,1-3H3. The summed E-state index contributed by atoms with van der Waals surface area (Å²) >= 11 is 0. The number of benzene rings is 1. The van der Waals surface area contributed by atoms with E-state index in [1.54, 1.807) is 11.0 Å². The van der Waals surface area contributed by atoms with Crippen LogP contribution in [0, 0.1) is 12.8 Å². The van der Waals surface area contributed by atoms with Crippen molar-refractivity contribution in [1.29, 1.82) is 0 Å². The quantitative estimate of drug-likeness (QED) is 0.849. The van der Waals surface area contributed by atoms with Gasteiger partial charge in [0.15, 0.2) is 0 Å². The molecule has 1 aromatic carbocycles.